The van der Waals surface area contributed by atoms with Gasteiger partial charge in [0.1, 0.15) is 0 Å². The SMILES string of the molecule is CN(CCC(=O)Nc1cc(Cl)ccc1Cl)C1CCN(c2ccccc2Cl)C1=O. The van der Waals surface area contributed by atoms with E-state index < -0.39 is 0 Å². The lowest BCUT2D eigenvalue weighted by Gasteiger charge is -2.24. The summed E-state index contributed by atoms with van der Waals surface area (Å²) in [5.74, 6) is -0.196. The van der Waals surface area contributed by atoms with Crippen LogP contribution in [0.1, 0.15) is 12.8 Å². The number of halogens is 3. The number of benzene rings is 2. The maximum absolute atomic E-state index is 12.8. The van der Waals surface area contributed by atoms with Crippen molar-refractivity contribution in [2.75, 3.05) is 30.4 Å². The third-order valence-corrected chi connectivity index (χ3v) is 5.63. The van der Waals surface area contributed by atoms with E-state index in [0.717, 1.165) is 5.69 Å². The monoisotopic (exact) mass is 439 g/mol. The van der Waals surface area contributed by atoms with Crippen molar-refractivity contribution in [1.29, 1.82) is 0 Å². The molecule has 1 saturated heterocycles. The fourth-order valence-corrected chi connectivity index (χ4v) is 3.80. The lowest BCUT2D eigenvalue weighted by atomic mass is 10.2. The molecule has 2 aromatic carbocycles. The molecule has 0 bridgehead atoms. The maximum Gasteiger partial charge on any atom is 0.244 e. The lowest BCUT2D eigenvalue weighted by molar-refractivity contribution is -0.122. The third kappa shape index (κ3) is 4.78. The van der Waals surface area contributed by atoms with Crippen LogP contribution in [0.15, 0.2) is 42.5 Å². The predicted molar refractivity (Wildman–Crippen MR) is 115 cm³/mol. The van der Waals surface area contributed by atoms with Gasteiger partial charge >= 0.3 is 0 Å². The third-order valence-electron chi connectivity index (χ3n) is 4.75. The normalized spacial score (nSPS) is 16.7. The Hall–Kier alpha value is -1.79. The Labute approximate surface area is 179 Å². The quantitative estimate of drug-likeness (QED) is 0.707. The summed E-state index contributed by atoms with van der Waals surface area (Å²) in [5.41, 5.74) is 1.20. The molecule has 1 heterocycles. The second kappa shape index (κ2) is 9.14. The Bertz CT molecular complexity index is 891. The predicted octanol–water partition coefficient (Wildman–Crippen LogP) is 4.71. The summed E-state index contributed by atoms with van der Waals surface area (Å²) >= 11 is 18.2. The molecule has 8 heteroatoms. The van der Waals surface area contributed by atoms with Crippen molar-refractivity contribution < 1.29 is 9.59 Å². The second-order valence-electron chi connectivity index (χ2n) is 6.65. The van der Waals surface area contributed by atoms with Crippen LogP contribution in [-0.2, 0) is 9.59 Å². The van der Waals surface area contributed by atoms with Crippen molar-refractivity contribution in [3.63, 3.8) is 0 Å². The number of amides is 2. The van der Waals surface area contributed by atoms with Gasteiger partial charge < -0.3 is 10.2 Å². The summed E-state index contributed by atoms with van der Waals surface area (Å²) in [6.07, 6.45) is 0.914. The van der Waals surface area contributed by atoms with Gasteiger partial charge in [0.15, 0.2) is 0 Å². The molecule has 1 fully saturated rings. The van der Waals surface area contributed by atoms with Crippen LogP contribution in [0.3, 0.4) is 0 Å². The van der Waals surface area contributed by atoms with E-state index in [-0.39, 0.29) is 24.3 Å². The van der Waals surface area contributed by atoms with Crippen molar-refractivity contribution in [3.05, 3.63) is 57.5 Å². The first-order valence-corrected chi connectivity index (χ1v) is 10.0. The Kier molecular flexibility index (Phi) is 6.83. The molecule has 0 saturated carbocycles. The van der Waals surface area contributed by atoms with Crippen molar-refractivity contribution in [3.8, 4) is 0 Å². The van der Waals surface area contributed by atoms with Gasteiger partial charge in [0.05, 0.1) is 27.5 Å². The Morgan fingerprint density at radius 1 is 1.18 bits per heavy atom. The second-order valence-corrected chi connectivity index (χ2v) is 7.90. The first-order chi connectivity index (χ1) is 13.4. The van der Waals surface area contributed by atoms with E-state index in [1.165, 1.54) is 0 Å². The number of rotatable bonds is 6. The van der Waals surface area contributed by atoms with E-state index in [4.69, 9.17) is 34.8 Å². The van der Waals surface area contributed by atoms with E-state index >= 15 is 0 Å². The minimum atomic E-state index is -0.279. The molecule has 1 aliphatic rings. The number of carbonyl (C=O) groups is 2. The van der Waals surface area contributed by atoms with E-state index in [1.54, 1.807) is 29.2 Å². The van der Waals surface area contributed by atoms with Crippen LogP contribution < -0.4 is 10.2 Å². The lowest BCUT2D eigenvalue weighted by Crippen LogP contribution is -2.41. The van der Waals surface area contributed by atoms with E-state index in [1.807, 2.05) is 30.1 Å². The maximum atomic E-state index is 12.8. The van der Waals surface area contributed by atoms with E-state index in [0.29, 0.717) is 40.3 Å². The molecule has 28 heavy (non-hydrogen) atoms. The van der Waals surface area contributed by atoms with Crippen LogP contribution >= 0.6 is 34.8 Å². The number of carbonyl (C=O) groups excluding carboxylic acids is 2. The highest BCUT2D eigenvalue weighted by molar-refractivity contribution is 6.35. The summed E-state index contributed by atoms with van der Waals surface area (Å²) in [5, 5.41) is 4.23. The van der Waals surface area contributed by atoms with Crippen molar-refractivity contribution in [2.45, 2.75) is 18.9 Å². The van der Waals surface area contributed by atoms with Gasteiger partial charge in [-0.1, -0.05) is 46.9 Å². The van der Waals surface area contributed by atoms with Crippen LogP contribution in [0.5, 0.6) is 0 Å². The van der Waals surface area contributed by atoms with Crippen molar-refractivity contribution >= 4 is 58.0 Å². The van der Waals surface area contributed by atoms with E-state index in [2.05, 4.69) is 5.32 Å². The van der Waals surface area contributed by atoms with Gasteiger partial charge in [0, 0.05) is 24.5 Å². The molecule has 148 valence electrons. The molecule has 0 spiro atoms. The number of nitrogens with zero attached hydrogens (tertiary/aromatic N) is 2. The van der Waals surface area contributed by atoms with Gasteiger partial charge in [-0.05, 0) is 43.8 Å². The number of para-hydroxylation sites is 1. The number of anilines is 2. The zero-order valence-corrected chi connectivity index (χ0v) is 17.6. The first kappa shape index (κ1) is 20.9. The summed E-state index contributed by atoms with van der Waals surface area (Å²) in [6, 6.07) is 11.9. The molecule has 2 amide bonds. The summed E-state index contributed by atoms with van der Waals surface area (Å²) < 4.78 is 0. The van der Waals surface area contributed by atoms with Crippen LogP contribution in [0, 0.1) is 0 Å². The van der Waals surface area contributed by atoms with Gasteiger partial charge in [0.25, 0.3) is 0 Å². The van der Waals surface area contributed by atoms with Crippen molar-refractivity contribution in [2.24, 2.45) is 0 Å². The standard InChI is InChI=1S/C20H20Cl3N3O2/c1-25(10-9-19(27)24-16-12-13(21)6-7-14(16)22)18-8-11-26(20(18)28)17-5-3-2-4-15(17)23/h2-7,12,18H,8-11H2,1H3,(H,24,27). The van der Waals surface area contributed by atoms with Crippen LogP contribution in [0.2, 0.25) is 15.1 Å². The molecule has 0 aliphatic carbocycles. The first-order valence-electron chi connectivity index (χ1n) is 8.88. The molecule has 0 radical (unpaired) electrons. The molecule has 1 unspecified atom stereocenters. The topological polar surface area (TPSA) is 52.7 Å². The molecular formula is C20H20Cl3N3O2. The smallest absolute Gasteiger partial charge is 0.244 e. The van der Waals surface area contributed by atoms with Crippen LogP contribution in [0.4, 0.5) is 11.4 Å². The molecule has 5 nitrogen and oxygen atoms in total. The van der Waals surface area contributed by atoms with Gasteiger partial charge in [-0.15, -0.1) is 0 Å². The molecule has 1 N–H and O–H groups in total. The summed E-state index contributed by atoms with van der Waals surface area (Å²) in [4.78, 5) is 28.7. The highest BCUT2D eigenvalue weighted by Gasteiger charge is 2.35. The minimum Gasteiger partial charge on any atom is -0.325 e. The Morgan fingerprint density at radius 3 is 2.68 bits per heavy atom. The summed E-state index contributed by atoms with van der Waals surface area (Å²) in [6.45, 7) is 1.04. The fourth-order valence-electron chi connectivity index (χ4n) is 3.22. The number of nitrogens with one attached hydrogen (secondary N) is 1. The zero-order chi connectivity index (χ0) is 20.3. The number of hydrogen-bond acceptors (Lipinski definition) is 3. The average Bonchev–Trinajstić information content (AvgIpc) is 3.04. The molecule has 3 rings (SSSR count). The highest BCUT2D eigenvalue weighted by atomic mass is 35.5. The average molecular weight is 441 g/mol. The molecule has 1 aliphatic heterocycles. The Morgan fingerprint density at radius 2 is 1.93 bits per heavy atom. The van der Waals surface area contributed by atoms with Gasteiger partial charge in [-0.25, -0.2) is 0 Å². The van der Waals surface area contributed by atoms with Gasteiger partial charge in [-0.2, -0.15) is 0 Å². The number of likely N-dealkylation sites (N-methyl/N-ethyl adjacent to an activating group) is 1. The zero-order valence-electron chi connectivity index (χ0n) is 15.3. The van der Waals surface area contributed by atoms with Crippen LogP contribution in [-0.4, -0.2) is 42.9 Å². The van der Waals surface area contributed by atoms with E-state index in [9.17, 15) is 9.59 Å². The largest absolute Gasteiger partial charge is 0.325 e. The fraction of sp³-hybridized carbons (Fsp3) is 0.300. The summed E-state index contributed by atoms with van der Waals surface area (Å²) in [7, 11) is 1.85. The highest BCUT2D eigenvalue weighted by Crippen LogP contribution is 2.30. The molecule has 2 aromatic rings. The number of hydrogen-bond donors (Lipinski definition) is 1. The molecule has 1 atom stereocenters. The molecule has 0 aromatic heterocycles. The van der Waals surface area contributed by atoms with Gasteiger partial charge in [-0.3, -0.25) is 14.5 Å². The Balaban J connectivity index is 1.56. The van der Waals surface area contributed by atoms with Crippen LogP contribution in [0.25, 0.3) is 0 Å². The van der Waals surface area contributed by atoms with Gasteiger partial charge in [0.2, 0.25) is 11.8 Å². The molecular weight excluding hydrogens is 421 g/mol. The minimum absolute atomic E-state index is 0.00565. The van der Waals surface area contributed by atoms with Crippen molar-refractivity contribution in [1.82, 2.24) is 4.90 Å².